The lowest BCUT2D eigenvalue weighted by Crippen LogP contribution is -2.45. The number of rotatable bonds is 2. The fourth-order valence-corrected chi connectivity index (χ4v) is 2.66. The van der Waals surface area contributed by atoms with Gasteiger partial charge < -0.3 is 5.73 Å². The Hall–Kier alpha value is -0.820. The van der Waals surface area contributed by atoms with Gasteiger partial charge >= 0.3 is 0 Å². The minimum absolute atomic E-state index is 0.0294. The maximum Gasteiger partial charge on any atom is 0.0198 e. The van der Waals surface area contributed by atoms with E-state index in [2.05, 4.69) is 45.0 Å². The van der Waals surface area contributed by atoms with E-state index in [0.29, 0.717) is 5.41 Å². The standard InChI is InChI=1S/C16H25N/c1-15(2,3)10-11-16(17)9-8-13-6-4-5-7-14(13)12-16/h4-7H,8-12,17H2,1-3H3. The second-order valence-electron chi connectivity index (χ2n) is 6.87. The highest BCUT2D eigenvalue weighted by atomic mass is 14.7. The Morgan fingerprint density at radius 3 is 2.47 bits per heavy atom. The van der Waals surface area contributed by atoms with Crippen LogP contribution in [0.15, 0.2) is 24.3 Å². The van der Waals surface area contributed by atoms with Gasteiger partial charge in [0.05, 0.1) is 0 Å². The molecule has 2 N–H and O–H groups in total. The zero-order valence-corrected chi connectivity index (χ0v) is 11.4. The van der Waals surface area contributed by atoms with Gasteiger partial charge in [0, 0.05) is 5.54 Å². The first-order chi connectivity index (χ1) is 7.88. The topological polar surface area (TPSA) is 26.0 Å². The molecule has 2 rings (SSSR count). The number of nitrogens with two attached hydrogens (primary N) is 1. The summed E-state index contributed by atoms with van der Waals surface area (Å²) in [7, 11) is 0. The first-order valence-corrected chi connectivity index (χ1v) is 6.74. The molecule has 1 nitrogen and oxygen atoms in total. The number of hydrogen-bond donors (Lipinski definition) is 1. The van der Waals surface area contributed by atoms with Gasteiger partial charge in [0.25, 0.3) is 0 Å². The molecule has 1 aliphatic carbocycles. The van der Waals surface area contributed by atoms with Crippen LogP contribution in [-0.4, -0.2) is 5.54 Å². The van der Waals surface area contributed by atoms with Gasteiger partial charge in [-0.05, 0) is 48.6 Å². The van der Waals surface area contributed by atoms with Gasteiger partial charge in [-0.25, -0.2) is 0 Å². The number of fused-ring (bicyclic) bond motifs is 1. The molecule has 0 bridgehead atoms. The average molecular weight is 231 g/mol. The Morgan fingerprint density at radius 1 is 1.18 bits per heavy atom. The van der Waals surface area contributed by atoms with Gasteiger partial charge in [-0.1, -0.05) is 45.0 Å². The van der Waals surface area contributed by atoms with Crippen molar-refractivity contribution in [2.24, 2.45) is 11.1 Å². The molecule has 0 spiro atoms. The summed E-state index contributed by atoms with van der Waals surface area (Å²) in [5, 5.41) is 0. The smallest absolute Gasteiger partial charge is 0.0198 e. The summed E-state index contributed by atoms with van der Waals surface area (Å²) < 4.78 is 0. The van der Waals surface area contributed by atoms with Crippen molar-refractivity contribution in [1.82, 2.24) is 0 Å². The monoisotopic (exact) mass is 231 g/mol. The molecule has 1 aromatic carbocycles. The third-order valence-electron chi connectivity index (χ3n) is 3.93. The van der Waals surface area contributed by atoms with Gasteiger partial charge in [0.1, 0.15) is 0 Å². The highest BCUT2D eigenvalue weighted by Gasteiger charge is 2.31. The zero-order valence-electron chi connectivity index (χ0n) is 11.4. The first kappa shape index (κ1) is 12.6. The van der Waals surface area contributed by atoms with E-state index in [-0.39, 0.29) is 5.54 Å². The van der Waals surface area contributed by atoms with Crippen LogP contribution in [0, 0.1) is 5.41 Å². The molecular weight excluding hydrogens is 206 g/mol. The predicted octanol–water partition coefficient (Wildman–Crippen LogP) is 3.70. The van der Waals surface area contributed by atoms with E-state index in [1.54, 1.807) is 0 Å². The van der Waals surface area contributed by atoms with Gasteiger partial charge in [0.2, 0.25) is 0 Å². The summed E-state index contributed by atoms with van der Waals surface area (Å²) >= 11 is 0. The van der Waals surface area contributed by atoms with Crippen molar-refractivity contribution in [3.63, 3.8) is 0 Å². The van der Waals surface area contributed by atoms with E-state index in [0.717, 1.165) is 25.7 Å². The Bertz CT molecular complexity index is 389. The molecule has 0 fully saturated rings. The van der Waals surface area contributed by atoms with Crippen LogP contribution in [0.2, 0.25) is 0 Å². The second kappa shape index (κ2) is 4.45. The van der Waals surface area contributed by atoms with Crippen LogP contribution in [0.3, 0.4) is 0 Å². The van der Waals surface area contributed by atoms with Crippen molar-refractivity contribution in [3.05, 3.63) is 35.4 Å². The average Bonchev–Trinajstić information content (AvgIpc) is 2.26. The van der Waals surface area contributed by atoms with Crippen molar-refractivity contribution in [2.45, 2.75) is 58.4 Å². The summed E-state index contributed by atoms with van der Waals surface area (Å²) in [5.74, 6) is 0. The molecule has 0 amide bonds. The molecule has 0 heterocycles. The van der Waals surface area contributed by atoms with Crippen LogP contribution in [0.5, 0.6) is 0 Å². The third kappa shape index (κ3) is 3.32. The lowest BCUT2D eigenvalue weighted by Gasteiger charge is -2.36. The number of benzene rings is 1. The van der Waals surface area contributed by atoms with E-state index < -0.39 is 0 Å². The van der Waals surface area contributed by atoms with Crippen LogP contribution < -0.4 is 5.73 Å². The molecule has 1 aromatic rings. The van der Waals surface area contributed by atoms with Crippen molar-refractivity contribution >= 4 is 0 Å². The third-order valence-corrected chi connectivity index (χ3v) is 3.93. The molecule has 1 heteroatoms. The first-order valence-electron chi connectivity index (χ1n) is 6.74. The highest BCUT2D eigenvalue weighted by molar-refractivity contribution is 5.32. The summed E-state index contributed by atoms with van der Waals surface area (Å²) in [4.78, 5) is 0. The molecule has 0 saturated carbocycles. The van der Waals surface area contributed by atoms with Gasteiger partial charge in [-0.2, -0.15) is 0 Å². The second-order valence-corrected chi connectivity index (χ2v) is 6.87. The van der Waals surface area contributed by atoms with E-state index >= 15 is 0 Å². The fraction of sp³-hybridized carbons (Fsp3) is 0.625. The molecule has 0 aliphatic heterocycles. The maximum atomic E-state index is 6.58. The Labute approximate surface area is 105 Å². The molecular formula is C16H25N. The van der Waals surface area contributed by atoms with Crippen LogP contribution >= 0.6 is 0 Å². The summed E-state index contributed by atoms with van der Waals surface area (Å²) in [5.41, 5.74) is 9.97. The van der Waals surface area contributed by atoms with Crippen LogP contribution in [-0.2, 0) is 12.8 Å². The molecule has 1 aliphatic rings. The van der Waals surface area contributed by atoms with Crippen molar-refractivity contribution in [1.29, 1.82) is 0 Å². The van der Waals surface area contributed by atoms with Crippen molar-refractivity contribution < 1.29 is 0 Å². The highest BCUT2D eigenvalue weighted by Crippen LogP contribution is 2.33. The molecule has 0 saturated heterocycles. The molecule has 0 radical (unpaired) electrons. The predicted molar refractivity (Wildman–Crippen MR) is 74.1 cm³/mol. The van der Waals surface area contributed by atoms with Crippen LogP contribution in [0.4, 0.5) is 0 Å². The quantitative estimate of drug-likeness (QED) is 0.825. The van der Waals surface area contributed by atoms with E-state index in [1.807, 2.05) is 0 Å². The largest absolute Gasteiger partial charge is 0.325 e. The fourth-order valence-electron chi connectivity index (χ4n) is 2.66. The zero-order chi connectivity index (χ0) is 12.5. The molecule has 17 heavy (non-hydrogen) atoms. The van der Waals surface area contributed by atoms with E-state index in [4.69, 9.17) is 5.73 Å². The van der Waals surface area contributed by atoms with Gasteiger partial charge in [-0.3, -0.25) is 0 Å². The van der Waals surface area contributed by atoms with Crippen molar-refractivity contribution in [2.75, 3.05) is 0 Å². The van der Waals surface area contributed by atoms with Gasteiger partial charge in [0.15, 0.2) is 0 Å². The lowest BCUT2D eigenvalue weighted by atomic mass is 9.73. The van der Waals surface area contributed by atoms with E-state index in [1.165, 1.54) is 17.5 Å². The summed E-state index contributed by atoms with van der Waals surface area (Å²) in [6.45, 7) is 6.90. The summed E-state index contributed by atoms with van der Waals surface area (Å²) in [6.07, 6.45) is 5.70. The Balaban J connectivity index is 2.05. The lowest BCUT2D eigenvalue weighted by molar-refractivity contribution is 0.270. The Morgan fingerprint density at radius 2 is 1.82 bits per heavy atom. The summed E-state index contributed by atoms with van der Waals surface area (Å²) in [6, 6.07) is 8.76. The van der Waals surface area contributed by atoms with Crippen molar-refractivity contribution in [3.8, 4) is 0 Å². The number of hydrogen-bond acceptors (Lipinski definition) is 1. The van der Waals surface area contributed by atoms with Gasteiger partial charge in [-0.15, -0.1) is 0 Å². The Kier molecular flexibility index (Phi) is 3.31. The minimum atomic E-state index is 0.0294. The maximum absolute atomic E-state index is 6.58. The molecule has 94 valence electrons. The van der Waals surface area contributed by atoms with E-state index in [9.17, 15) is 0 Å². The number of aryl methyl sites for hydroxylation is 1. The molecule has 0 aromatic heterocycles. The molecule has 1 atom stereocenters. The van der Waals surface area contributed by atoms with Crippen LogP contribution in [0.25, 0.3) is 0 Å². The minimum Gasteiger partial charge on any atom is -0.325 e. The SMILES string of the molecule is CC(C)(C)CCC1(N)CCc2ccccc2C1. The van der Waals surface area contributed by atoms with Crippen LogP contribution in [0.1, 0.15) is 51.2 Å². The molecule has 1 unspecified atom stereocenters. The normalized spacial score (nSPS) is 24.5.